The van der Waals surface area contributed by atoms with E-state index in [2.05, 4.69) is 15.1 Å². The quantitative estimate of drug-likeness (QED) is 0.403. The lowest BCUT2D eigenvalue weighted by Gasteiger charge is -2.45. The highest BCUT2D eigenvalue weighted by molar-refractivity contribution is 5.97. The summed E-state index contributed by atoms with van der Waals surface area (Å²) in [5.74, 6) is -4.11. The average Bonchev–Trinajstić information content (AvgIpc) is 3.16. The molecular weight excluding hydrogens is 443 g/mol. The molecule has 172 valence electrons. The van der Waals surface area contributed by atoms with Gasteiger partial charge in [0.15, 0.2) is 17.5 Å². The van der Waals surface area contributed by atoms with Crippen molar-refractivity contribution in [2.75, 3.05) is 0 Å². The lowest BCUT2D eigenvalue weighted by molar-refractivity contribution is 0.0391. The summed E-state index contributed by atoms with van der Waals surface area (Å²) in [4.78, 5) is 24.2. The number of hydrogen-bond donors (Lipinski definition) is 0. The van der Waals surface area contributed by atoms with Crippen LogP contribution in [-0.2, 0) is 13.5 Å². The first kappa shape index (κ1) is 20.8. The van der Waals surface area contributed by atoms with Gasteiger partial charge in [0.25, 0.3) is 5.91 Å². The van der Waals surface area contributed by atoms with Crippen molar-refractivity contribution in [3.05, 3.63) is 77.0 Å². The number of carbonyl (C=O) groups excluding carboxylic acids is 1. The van der Waals surface area contributed by atoms with E-state index < -0.39 is 17.5 Å². The number of halogens is 3. The van der Waals surface area contributed by atoms with Gasteiger partial charge in [-0.15, -0.1) is 0 Å². The van der Waals surface area contributed by atoms with Crippen molar-refractivity contribution in [1.82, 2.24) is 24.6 Å². The summed E-state index contributed by atoms with van der Waals surface area (Å²) >= 11 is 0. The van der Waals surface area contributed by atoms with Gasteiger partial charge in [0, 0.05) is 36.6 Å². The molecule has 1 saturated heterocycles. The highest BCUT2D eigenvalue weighted by Crippen LogP contribution is 2.45. The standard InChI is InChI=1S/C25H20F3N5O/c1-32-24(13-8-17(26)22(28)18(27)9-13)16-11-15-4-2-6-21(23(16)31-32)33(15)25(34)14-10-20-19(30-12-14)5-3-7-29-20/h3,5,7-10,12,15,21H,2,4,6,11H2,1H3. The van der Waals surface area contributed by atoms with Crippen LogP contribution in [0.1, 0.15) is 46.9 Å². The molecular formula is C25H20F3N5O. The smallest absolute Gasteiger partial charge is 0.256 e. The molecule has 0 saturated carbocycles. The molecule has 0 spiro atoms. The Labute approximate surface area is 193 Å². The number of hydrogen-bond acceptors (Lipinski definition) is 4. The summed E-state index contributed by atoms with van der Waals surface area (Å²) in [5.41, 5.74) is 4.18. The van der Waals surface area contributed by atoms with Crippen molar-refractivity contribution in [3.63, 3.8) is 0 Å². The van der Waals surface area contributed by atoms with Crippen molar-refractivity contribution in [2.24, 2.45) is 7.05 Å². The van der Waals surface area contributed by atoms with Crippen LogP contribution in [0.4, 0.5) is 13.2 Å². The molecule has 2 atom stereocenters. The summed E-state index contributed by atoms with van der Waals surface area (Å²) in [7, 11) is 1.70. The van der Waals surface area contributed by atoms with Crippen LogP contribution in [0, 0.1) is 17.5 Å². The fraction of sp³-hybridized carbons (Fsp3) is 0.280. The highest BCUT2D eigenvalue weighted by Gasteiger charge is 2.43. The number of carbonyl (C=O) groups is 1. The summed E-state index contributed by atoms with van der Waals surface area (Å²) in [6, 6.07) is 7.04. The normalized spacial score (nSPS) is 19.4. The van der Waals surface area contributed by atoms with Crippen molar-refractivity contribution in [3.8, 4) is 11.3 Å². The Morgan fingerprint density at radius 3 is 2.65 bits per heavy atom. The Kier molecular flexibility index (Phi) is 4.68. The maximum Gasteiger partial charge on any atom is 0.256 e. The number of benzene rings is 1. The molecule has 0 aliphatic carbocycles. The Balaban J connectivity index is 1.42. The van der Waals surface area contributed by atoms with E-state index in [-0.39, 0.29) is 23.6 Å². The van der Waals surface area contributed by atoms with E-state index in [9.17, 15) is 18.0 Å². The first-order valence-electron chi connectivity index (χ1n) is 11.2. The van der Waals surface area contributed by atoms with Gasteiger partial charge in [-0.05, 0) is 56.0 Å². The molecule has 1 fully saturated rings. The molecule has 2 bridgehead atoms. The third kappa shape index (κ3) is 3.10. The van der Waals surface area contributed by atoms with Gasteiger partial charge in [-0.2, -0.15) is 5.10 Å². The van der Waals surface area contributed by atoms with Crippen LogP contribution in [0.3, 0.4) is 0 Å². The summed E-state index contributed by atoms with van der Waals surface area (Å²) in [5, 5.41) is 4.66. The van der Waals surface area contributed by atoms with Crippen LogP contribution >= 0.6 is 0 Å². The second-order valence-electron chi connectivity index (χ2n) is 8.87. The van der Waals surface area contributed by atoms with Crippen molar-refractivity contribution < 1.29 is 18.0 Å². The van der Waals surface area contributed by atoms with E-state index in [1.165, 1.54) is 0 Å². The number of rotatable bonds is 2. The number of piperidine rings is 1. The molecule has 5 heterocycles. The van der Waals surface area contributed by atoms with E-state index >= 15 is 0 Å². The van der Waals surface area contributed by atoms with E-state index in [0.717, 1.165) is 42.7 Å². The number of fused-ring (bicyclic) bond motifs is 5. The number of nitrogens with zero attached hydrogens (tertiary/aromatic N) is 5. The summed E-state index contributed by atoms with van der Waals surface area (Å²) in [6.45, 7) is 0. The van der Waals surface area contributed by atoms with Crippen LogP contribution < -0.4 is 0 Å². The Morgan fingerprint density at radius 1 is 1.06 bits per heavy atom. The minimum absolute atomic E-state index is 0.0868. The zero-order valence-corrected chi connectivity index (χ0v) is 18.3. The van der Waals surface area contributed by atoms with Crippen molar-refractivity contribution in [1.29, 1.82) is 0 Å². The SMILES string of the molecule is Cn1nc2c(c1-c1cc(F)c(F)c(F)c1)CC1CCCC2N1C(=O)c1cnc2cccnc2c1. The maximum atomic E-state index is 14.0. The molecule has 3 aromatic heterocycles. The van der Waals surface area contributed by atoms with Crippen LogP contribution in [0.2, 0.25) is 0 Å². The van der Waals surface area contributed by atoms with E-state index in [1.807, 2.05) is 11.0 Å². The molecule has 0 N–H and O–H groups in total. The second kappa shape index (κ2) is 7.65. The predicted octanol–water partition coefficient (Wildman–Crippen LogP) is 4.74. The van der Waals surface area contributed by atoms with Gasteiger partial charge in [-0.1, -0.05) is 0 Å². The van der Waals surface area contributed by atoms with Crippen LogP contribution in [0.15, 0.2) is 42.7 Å². The van der Waals surface area contributed by atoms with Crippen LogP contribution in [0.5, 0.6) is 0 Å². The third-order valence-electron chi connectivity index (χ3n) is 6.87. The number of aryl methyl sites for hydroxylation is 1. The predicted molar refractivity (Wildman–Crippen MR) is 118 cm³/mol. The molecule has 34 heavy (non-hydrogen) atoms. The second-order valence-corrected chi connectivity index (χ2v) is 8.87. The van der Waals surface area contributed by atoms with E-state index in [4.69, 9.17) is 0 Å². The molecule has 9 heteroatoms. The molecule has 2 unspecified atom stereocenters. The van der Waals surface area contributed by atoms with Gasteiger partial charge < -0.3 is 4.90 Å². The lowest BCUT2D eigenvalue weighted by atomic mass is 9.81. The van der Waals surface area contributed by atoms with E-state index in [0.29, 0.717) is 28.7 Å². The van der Waals surface area contributed by atoms with Gasteiger partial charge >= 0.3 is 0 Å². The average molecular weight is 463 g/mol. The molecule has 4 aromatic rings. The zero-order chi connectivity index (χ0) is 23.6. The molecule has 6 nitrogen and oxygen atoms in total. The Bertz CT molecular complexity index is 1440. The van der Waals surface area contributed by atoms with E-state index in [1.54, 1.807) is 36.3 Å². The Morgan fingerprint density at radius 2 is 1.85 bits per heavy atom. The van der Waals surface area contributed by atoms with Crippen LogP contribution in [0.25, 0.3) is 22.3 Å². The number of pyridine rings is 2. The maximum absolute atomic E-state index is 14.0. The van der Waals surface area contributed by atoms with Gasteiger partial charge in [0.1, 0.15) is 0 Å². The fourth-order valence-electron chi connectivity index (χ4n) is 5.42. The number of aromatic nitrogens is 4. The molecule has 6 rings (SSSR count). The topological polar surface area (TPSA) is 63.9 Å². The van der Waals surface area contributed by atoms with Crippen molar-refractivity contribution in [2.45, 2.75) is 37.8 Å². The first-order chi connectivity index (χ1) is 16.4. The minimum atomic E-state index is -1.49. The molecule has 2 aliphatic heterocycles. The van der Waals surface area contributed by atoms with Gasteiger partial charge in [0.2, 0.25) is 0 Å². The van der Waals surface area contributed by atoms with Crippen LogP contribution in [-0.4, -0.2) is 36.6 Å². The highest BCUT2D eigenvalue weighted by atomic mass is 19.2. The largest absolute Gasteiger partial charge is 0.327 e. The molecule has 1 amide bonds. The van der Waals surface area contributed by atoms with Gasteiger partial charge in [-0.25, -0.2) is 13.2 Å². The number of amides is 1. The third-order valence-corrected chi connectivity index (χ3v) is 6.87. The fourth-order valence-corrected chi connectivity index (χ4v) is 5.42. The zero-order valence-electron chi connectivity index (χ0n) is 18.3. The summed E-state index contributed by atoms with van der Waals surface area (Å²) < 4.78 is 43.1. The molecule has 2 aliphatic rings. The van der Waals surface area contributed by atoms with Gasteiger partial charge in [0.05, 0.1) is 34.0 Å². The molecule has 1 aromatic carbocycles. The minimum Gasteiger partial charge on any atom is -0.327 e. The first-order valence-corrected chi connectivity index (χ1v) is 11.2. The molecule has 0 radical (unpaired) electrons. The summed E-state index contributed by atoms with van der Waals surface area (Å²) in [6.07, 6.45) is 6.23. The van der Waals surface area contributed by atoms with Gasteiger partial charge in [-0.3, -0.25) is 19.4 Å². The van der Waals surface area contributed by atoms with Crippen molar-refractivity contribution >= 4 is 16.9 Å². The Hall–Kier alpha value is -3.75. The monoisotopic (exact) mass is 463 g/mol. The lowest BCUT2D eigenvalue weighted by Crippen LogP contribution is -2.49.